The minimum atomic E-state index is 0.413. The number of methoxy groups -OCH3 is 1. The molecule has 35 heavy (non-hydrogen) atoms. The fourth-order valence-corrected chi connectivity index (χ4v) is 3.99. The molecule has 0 saturated heterocycles. The molecule has 0 bridgehead atoms. The zero-order valence-corrected chi connectivity index (χ0v) is 19.9. The van der Waals surface area contributed by atoms with E-state index in [0.717, 1.165) is 28.5 Å². The van der Waals surface area contributed by atoms with Crippen molar-refractivity contribution >= 4 is 28.8 Å². The van der Waals surface area contributed by atoms with Gasteiger partial charge in [-0.25, -0.2) is 0 Å². The van der Waals surface area contributed by atoms with Crippen molar-refractivity contribution in [1.82, 2.24) is 9.55 Å². The third-order valence-corrected chi connectivity index (χ3v) is 5.93. The first-order valence-corrected chi connectivity index (χ1v) is 11.5. The minimum absolute atomic E-state index is 0.413. The van der Waals surface area contributed by atoms with Crippen LogP contribution in [0.3, 0.4) is 0 Å². The SMILES string of the molecule is COc1cc(OCc2ccccn2)ccc1/C=C/C1=NCC(/C=C/c2ccc3ccn(C)c3c2)=C1. The molecule has 0 aliphatic carbocycles. The van der Waals surface area contributed by atoms with Crippen LogP contribution >= 0.6 is 0 Å². The van der Waals surface area contributed by atoms with Crippen molar-refractivity contribution in [2.24, 2.45) is 12.0 Å². The fourth-order valence-electron chi connectivity index (χ4n) is 3.99. The molecule has 2 aromatic carbocycles. The molecule has 5 rings (SSSR count). The number of nitrogens with zero attached hydrogens (tertiary/aromatic N) is 3. The standard InChI is InChI=1S/C30H27N3O2/c1-33-16-14-24-9-8-22(18-29(24)33)6-7-23-17-26(32-20-23)12-10-25-11-13-28(19-30(25)34-2)35-21-27-5-3-4-15-31-27/h3-19H,20-21H2,1-2H3/b7-6+,12-10+. The first-order valence-electron chi connectivity index (χ1n) is 11.5. The fraction of sp³-hybridized carbons (Fsp3) is 0.133. The highest BCUT2D eigenvalue weighted by Crippen LogP contribution is 2.27. The summed E-state index contributed by atoms with van der Waals surface area (Å²) in [4.78, 5) is 8.93. The van der Waals surface area contributed by atoms with E-state index >= 15 is 0 Å². The quantitative estimate of drug-likeness (QED) is 0.311. The van der Waals surface area contributed by atoms with Gasteiger partial charge in [0, 0.05) is 36.6 Å². The lowest BCUT2D eigenvalue weighted by molar-refractivity contribution is 0.299. The molecule has 5 nitrogen and oxygen atoms in total. The van der Waals surface area contributed by atoms with Gasteiger partial charge in [0.25, 0.3) is 0 Å². The zero-order valence-electron chi connectivity index (χ0n) is 19.9. The van der Waals surface area contributed by atoms with Crippen LogP contribution < -0.4 is 9.47 Å². The second-order valence-corrected chi connectivity index (χ2v) is 8.39. The molecule has 174 valence electrons. The Morgan fingerprint density at radius 1 is 0.971 bits per heavy atom. The Hall–Kier alpha value is -4.38. The van der Waals surface area contributed by atoms with Gasteiger partial charge in [-0.2, -0.15) is 0 Å². The Morgan fingerprint density at radius 2 is 1.91 bits per heavy atom. The van der Waals surface area contributed by atoms with E-state index < -0.39 is 0 Å². The van der Waals surface area contributed by atoms with Gasteiger partial charge in [-0.1, -0.05) is 30.4 Å². The average molecular weight is 462 g/mol. The van der Waals surface area contributed by atoms with E-state index in [1.807, 2.05) is 48.6 Å². The molecule has 0 N–H and O–H groups in total. The first kappa shape index (κ1) is 22.4. The van der Waals surface area contributed by atoms with Gasteiger partial charge in [-0.3, -0.25) is 9.98 Å². The molecule has 3 heterocycles. The summed E-state index contributed by atoms with van der Waals surface area (Å²) in [5.41, 5.74) is 6.39. The lowest BCUT2D eigenvalue weighted by atomic mass is 10.1. The maximum atomic E-state index is 5.86. The lowest BCUT2D eigenvalue weighted by Crippen LogP contribution is -1.98. The number of allylic oxidation sites excluding steroid dienone is 2. The number of hydrogen-bond donors (Lipinski definition) is 0. The van der Waals surface area contributed by atoms with Crippen molar-refractivity contribution in [3.05, 3.63) is 114 Å². The number of aliphatic imine (C=N–C) groups is 1. The maximum Gasteiger partial charge on any atom is 0.130 e. The molecule has 5 heteroatoms. The van der Waals surface area contributed by atoms with Crippen LogP contribution in [0.5, 0.6) is 11.5 Å². The van der Waals surface area contributed by atoms with E-state index in [0.29, 0.717) is 13.2 Å². The Morgan fingerprint density at radius 3 is 2.77 bits per heavy atom. The summed E-state index contributed by atoms with van der Waals surface area (Å²) >= 11 is 0. The highest BCUT2D eigenvalue weighted by molar-refractivity contribution is 6.08. The van der Waals surface area contributed by atoms with E-state index in [1.165, 1.54) is 22.0 Å². The largest absolute Gasteiger partial charge is 0.496 e. The van der Waals surface area contributed by atoms with E-state index in [4.69, 9.17) is 9.47 Å². The van der Waals surface area contributed by atoms with Crippen LogP contribution in [0.1, 0.15) is 16.8 Å². The lowest BCUT2D eigenvalue weighted by Gasteiger charge is -2.09. The Kier molecular flexibility index (Phi) is 6.57. The normalized spacial score (nSPS) is 13.5. The third-order valence-electron chi connectivity index (χ3n) is 5.93. The van der Waals surface area contributed by atoms with Gasteiger partial charge in [0.1, 0.15) is 18.1 Å². The summed E-state index contributed by atoms with van der Waals surface area (Å²) < 4.78 is 13.6. The summed E-state index contributed by atoms with van der Waals surface area (Å²) in [5.74, 6) is 1.49. The Balaban J connectivity index is 1.23. The monoisotopic (exact) mass is 461 g/mol. The van der Waals surface area contributed by atoms with Gasteiger partial charge in [0.05, 0.1) is 25.1 Å². The maximum absolute atomic E-state index is 5.86. The van der Waals surface area contributed by atoms with Crippen molar-refractivity contribution in [2.45, 2.75) is 6.61 Å². The number of fused-ring (bicyclic) bond motifs is 1. The second-order valence-electron chi connectivity index (χ2n) is 8.39. The molecule has 1 aliphatic rings. The molecule has 4 aromatic rings. The van der Waals surface area contributed by atoms with Crippen molar-refractivity contribution in [3.63, 3.8) is 0 Å². The van der Waals surface area contributed by atoms with Gasteiger partial charge < -0.3 is 14.0 Å². The van der Waals surface area contributed by atoms with Crippen LogP contribution in [-0.4, -0.2) is 28.9 Å². The summed E-state index contributed by atoms with van der Waals surface area (Å²) in [6.45, 7) is 1.09. The number of hydrogen-bond acceptors (Lipinski definition) is 4. The molecule has 0 saturated carbocycles. The summed E-state index contributed by atoms with van der Waals surface area (Å²) in [7, 11) is 3.73. The molecule has 0 fully saturated rings. The topological polar surface area (TPSA) is 48.6 Å². The van der Waals surface area contributed by atoms with Crippen molar-refractivity contribution in [1.29, 1.82) is 0 Å². The van der Waals surface area contributed by atoms with Gasteiger partial charge in [-0.15, -0.1) is 0 Å². The second kappa shape index (κ2) is 10.3. The number of aryl methyl sites for hydroxylation is 1. The minimum Gasteiger partial charge on any atom is -0.496 e. The highest BCUT2D eigenvalue weighted by Gasteiger charge is 2.07. The predicted octanol–water partition coefficient (Wildman–Crippen LogP) is 6.27. The van der Waals surface area contributed by atoms with Crippen LogP contribution in [0.4, 0.5) is 0 Å². The van der Waals surface area contributed by atoms with Crippen LogP contribution in [0.25, 0.3) is 23.1 Å². The summed E-state index contributed by atoms with van der Waals surface area (Å²) in [6.07, 6.45) is 14.3. The van der Waals surface area contributed by atoms with Crippen molar-refractivity contribution in [2.75, 3.05) is 13.7 Å². The molecular formula is C30H27N3O2. The van der Waals surface area contributed by atoms with Crippen LogP contribution in [0.15, 0.2) is 102 Å². The van der Waals surface area contributed by atoms with Crippen LogP contribution in [0, 0.1) is 0 Å². The molecule has 0 unspecified atom stereocenters. The molecule has 0 amide bonds. The molecule has 0 atom stereocenters. The zero-order chi connectivity index (χ0) is 24.0. The Bertz CT molecular complexity index is 1460. The van der Waals surface area contributed by atoms with Crippen LogP contribution in [0.2, 0.25) is 0 Å². The van der Waals surface area contributed by atoms with E-state index in [9.17, 15) is 0 Å². The summed E-state index contributed by atoms with van der Waals surface area (Å²) in [5, 5.41) is 1.25. The Labute approximate surface area is 205 Å². The average Bonchev–Trinajstić information content (AvgIpc) is 3.52. The molecule has 0 radical (unpaired) electrons. The van der Waals surface area contributed by atoms with Gasteiger partial charge in [-0.05, 0) is 71.1 Å². The molecular weight excluding hydrogens is 434 g/mol. The molecule has 0 spiro atoms. The number of pyridine rings is 1. The number of rotatable bonds is 8. The highest BCUT2D eigenvalue weighted by atomic mass is 16.5. The van der Waals surface area contributed by atoms with Gasteiger partial charge in [0.2, 0.25) is 0 Å². The summed E-state index contributed by atoms with van der Waals surface area (Å²) in [6, 6.07) is 20.2. The van der Waals surface area contributed by atoms with E-state index in [1.54, 1.807) is 13.3 Å². The number of ether oxygens (including phenoxy) is 2. The van der Waals surface area contributed by atoms with Crippen molar-refractivity contribution < 1.29 is 9.47 Å². The first-order chi connectivity index (χ1) is 17.2. The molecule has 2 aromatic heterocycles. The molecule has 1 aliphatic heterocycles. The predicted molar refractivity (Wildman–Crippen MR) is 143 cm³/mol. The van der Waals surface area contributed by atoms with Crippen molar-refractivity contribution in [3.8, 4) is 11.5 Å². The van der Waals surface area contributed by atoms with Gasteiger partial charge in [0.15, 0.2) is 0 Å². The smallest absolute Gasteiger partial charge is 0.130 e. The van der Waals surface area contributed by atoms with Crippen LogP contribution in [-0.2, 0) is 13.7 Å². The number of aromatic nitrogens is 2. The number of benzene rings is 2. The van der Waals surface area contributed by atoms with Gasteiger partial charge >= 0.3 is 0 Å². The third kappa shape index (κ3) is 5.41. The van der Waals surface area contributed by atoms with E-state index in [2.05, 4.69) is 70.3 Å². The van der Waals surface area contributed by atoms with E-state index in [-0.39, 0.29) is 0 Å².